The molecule has 3 N–H and O–H groups in total. The summed E-state index contributed by atoms with van der Waals surface area (Å²) in [4.78, 5) is 32.4. The normalized spacial score (nSPS) is 14.0. The molecule has 29 heavy (non-hydrogen) atoms. The van der Waals surface area contributed by atoms with Gasteiger partial charge < -0.3 is 15.6 Å². The first kappa shape index (κ1) is 19.1. The van der Waals surface area contributed by atoms with Crippen molar-refractivity contribution >= 4 is 45.1 Å². The molecule has 3 aromatic rings. The summed E-state index contributed by atoms with van der Waals surface area (Å²) in [5.41, 5.74) is 6.06. The maximum atomic E-state index is 12.8. The fourth-order valence-corrected chi connectivity index (χ4v) is 3.84. The minimum absolute atomic E-state index is 0.156. The Morgan fingerprint density at radius 2 is 1.97 bits per heavy atom. The van der Waals surface area contributed by atoms with Crippen LogP contribution in [-0.2, 0) is 11.3 Å². The van der Waals surface area contributed by atoms with Crippen LogP contribution in [0, 0.1) is 13.8 Å². The number of amides is 2. The van der Waals surface area contributed by atoms with Crippen LogP contribution < -0.4 is 10.6 Å². The van der Waals surface area contributed by atoms with Gasteiger partial charge in [-0.2, -0.15) is 0 Å². The maximum Gasteiger partial charge on any atom is 0.256 e. The largest absolute Gasteiger partial charge is 0.358 e. The van der Waals surface area contributed by atoms with Gasteiger partial charge in [0.1, 0.15) is 0 Å². The number of halogens is 1. The van der Waals surface area contributed by atoms with Gasteiger partial charge in [0.2, 0.25) is 0 Å². The SMILES string of the molecule is Cc1[nH]c(/C=C2\C(=O)Nc3ccc(Br)cc32)c(C)c1C(=O)NCc1ccncc1. The molecule has 1 aliphatic heterocycles. The number of benzene rings is 1. The Labute approximate surface area is 176 Å². The van der Waals surface area contributed by atoms with Crippen molar-refractivity contribution in [3.05, 3.63) is 80.8 Å². The summed E-state index contributed by atoms with van der Waals surface area (Å²) >= 11 is 3.45. The second-order valence-corrected chi connectivity index (χ2v) is 7.82. The van der Waals surface area contributed by atoms with E-state index in [9.17, 15) is 9.59 Å². The summed E-state index contributed by atoms with van der Waals surface area (Å²) in [5.74, 6) is -0.315. The highest BCUT2D eigenvalue weighted by Gasteiger charge is 2.25. The van der Waals surface area contributed by atoms with E-state index in [0.29, 0.717) is 17.7 Å². The Kier molecular flexibility index (Phi) is 5.07. The summed E-state index contributed by atoms with van der Waals surface area (Å²) in [6.45, 7) is 4.16. The van der Waals surface area contributed by atoms with E-state index in [4.69, 9.17) is 0 Å². The second-order valence-electron chi connectivity index (χ2n) is 6.90. The van der Waals surface area contributed by atoms with Crippen LogP contribution in [0.15, 0.2) is 47.2 Å². The molecule has 4 rings (SSSR count). The first-order chi connectivity index (χ1) is 13.9. The van der Waals surface area contributed by atoms with E-state index in [-0.39, 0.29) is 11.8 Å². The summed E-state index contributed by atoms with van der Waals surface area (Å²) in [5, 5.41) is 5.81. The summed E-state index contributed by atoms with van der Waals surface area (Å²) in [7, 11) is 0. The van der Waals surface area contributed by atoms with Gasteiger partial charge in [-0.1, -0.05) is 15.9 Å². The van der Waals surface area contributed by atoms with Crippen molar-refractivity contribution in [2.24, 2.45) is 0 Å². The molecule has 146 valence electrons. The van der Waals surface area contributed by atoms with Gasteiger partial charge in [0.05, 0.1) is 11.1 Å². The summed E-state index contributed by atoms with van der Waals surface area (Å²) in [6.07, 6.45) is 5.19. The second kappa shape index (κ2) is 7.67. The van der Waals surface area contributed by atoms with Gasteiger partial charge in [0, 0.05) is 46.0 Å². The summed E-state index contributed by atoms with van der Waals surface area (Å²) < 4.78 is 0.897. The number of aromatic amines is 1. The number of carbonyl (C=O) groups excluding carboxylic acids is 2. The molecular formula is C22H19BrN4O2. The van der Waals surface area contributed by atoms with Crippen molar-refractivity contribution in [1.29, 1.82) is 0 Å². The smallest absolute Gasteiger partial charge is 0.256 e. The molecule has 0 fully saturated rings. The molecule has 0 unspecified atom stereocenters. The lowest BCUT2D eigenvalue weighted by Crippen LogP contribution is -2.23. The number of aromatic nitrogens is 2. The van der Waals surface area contributed by atoms with Gasteiger partial charge in [-0.3, -0.25) is 14.6 Å². The zero-order valence-corrected chi connectivity index (χ0v) is 17.6. The minimum Gasteiger partial charge on any atom is -0.358 e. The lowest BCUT2D eigenvalue weighted by molar-refractivity contribution is -0.110. The number of rotatable bonds is 4. The standard InChI is InChI=1S/C22H19BrN4O2/c1-12-19(10-17-16-9-15(23)3-4-18(16)27-21(17)28)26-13(2)20(12)22(29)25-11-14-5-7-24-8-6-14/h3-10,26H,11H2,1-2H3,(H,25,29)(H,27,28)/b17-10-. The van der Waals surface area contributed by atoms with Crippen LogP contribution in [-0.4, -0.2) is 21.8 Å². The van der Waals surface area contributed by atoms with E-state index in [1.54, 1.807) is 18.5 Å². The number of fused-ring (bicyclic) bond motifs is 1. The van der Waals surface area contributed by atoms with Crippen molar-refractivity contribution in [2.45, 2.75) is 20.4 Å². The Morgan fingerprint density at radius 3 is 2.72 bits per heavy atom. The van der Waals surface area contributed by atoms with Crippen molar-refractivity contribution < 1.29 is 9.59 Å². The number of hydrogen-bond donors (Lipinski definition) is 3. The number of carbonyl (C=O) groups is 2. The van der Waals surface area contributed by atoms with Gasteiger partial charge in [-0.25, -0.2) is 0 Å². The highest BCUT2D eigenvalue weighted by Crippen LogP contribution is 2.35. The van der Waals surface area contributed by atoms with Gasteiger partial charge in [-0.05, 0) is 61.4 Å². The molecule has 0 radical (unpaired) electrons. The molecule has 1 aromatic carbocycles. The van der Waals surface area contributed by atoms with Gasteiger partial charge in [0.25, 0.3) is 11.8 Å². The lowest BCUT2D eigenvalue weighted by atomic mass is 10.0. The quantitative estimate of drug-likeness (QED) is 0.520. The van der Waals surface area contributed by atoms with Crippen molar-refractivity contribution in [1.82, 2.24) is 15.3 Å². The molecule has 0 atom stereocenters. The summed E-state index contributed by atoms with van der Waals surface area (Å²) in [6, 6.07) is 9.38. The Balaban J connectivity index is 1.63. The van der Waals surface area contributed by atoms with Crippen molar-refractivity contribution in [3.63, 3.8) is 0 Å². The number of nitrogens with zero attached hydrogens (tertiary/aromatic N) is 1. The van der Waals surface area contributed by atoms with Gasteiger partial charge in [0.15, 0.2) is 0 Å². The highest BCUT2D eigenvalue weighted by atomic mass is 79.9. The first-order valence-corrected chi connectivity index (χ1v) is 9.92. The fraction of sp³-hybridized carbons (Fsp3) is 0.136. The zero-order valence-electron chi connectivity index (χ0n) is 16.0. The number of H-pyrrole nitrogens is 1. The van der Waals surface area contributed by atoms with Crippen LogP contribution in [0.4, 0.5) is 5.69 Å². The third-order valence-corrected chi connectivity index (χ3v) is 5.45. The molecule has 6 nitrogen and oxygen atoms in total. The molecule has 2 amide bonds. The number of nitrogens with one attached hydrogen (secondary N) is 3. The molecule has 1 aliphatic rings. The van der Waals surface area contributed by atoms with Crippen molar-refractivity contribution in [3.8, 4) is 0 Å². The van der Waals surface area contributed by atoms with E-state index >= 15 is 0 Å². The number of aryl methyl sites for hydroxylation is 1. The van der Waals surface area contributed by atoms with Crippen LogP contribution in [0.5, 0.6) is 0 Å². The van der Waals surface area contributed by atoms with Crippen LogP contribution in [0.25, 0.3) is 11.6 Å². The Hall–Kier alpha value is -3.19. The number of hydrogen-bond acceptors (Lipinski definition) is 3. The topological polar surface area (TPSA) is 86.9 Å². The molecule has 3 heterocycles. The zero-order chi connectivity index (χ0) is 20.5. The number of anilines is 1. The van der Waals surface area contributed by atoms with Crippen LogP contribution in [0.3, 0.4) is 0 Å². The average Bonchev–Trinajstić information content (AvgIpc) is 3.16. The highest BCUT2D eigenvalue weighted by molar-refractivity contribution is 9.10. The van der Waals surface area contributed by atoms with Crippen LogP contribution in [0.1, 0.15) is 38.4 Å². The molecule has 0 aliphatic carbocycles. The Bertz CT molecular complexity index is 1150. The fourth-order valence-electron chi connectivity index (χ4n) is 3.48. The molecule has 0 spiro atoms. The van der Waals surface area contributed by atoms with Crippen molar-refractivity contribution in [2.75, 3.05) is 5.32 Å². The molecule has 2 aromatic heterocycles. The molecule has 0 saturated carbocycles. The van der Waals surface area contributed by atoms with Gasteiger partial charge in [-0.15, -0.1) is 0 Å². The van der Waals surface area contributed by atoms with E-state index in [1.807, 2.05) is 44.2 Å². The lowest BCUT2D eigenvalue weighted by Gasteiger charge is -2.06. The minimum atomic E-state index is -0.159. The Morgan fingerprint density at radius 1 is 1.21 bits per heavy atom. The molecule has 0 bridgehead atoms. The van der Waals surface area contributed by atoms with E-state index < -0.39 is 0 Å². The molecule has 7 heteroatoms. The predicted molar refractivity (Wildman–Crippen MR) is 116 cm³/mol. The molecular weight excluding hydrogens is 432 g/mol. The van der Waals surface area contributed by atoms with E-state index in [1.165, 1.54) is 0 Å². The van der Waals surface area contributed by atoms with E-state index in [0.717, 1.165) is 38.2 Å². The molecule has 0 saturated heterocycles. The predicted octanol–water partition coefficient (Wildman–Crippen LogP) is 4.21. The van der Waals surface area contributed by atoms with Crippen LogP contribution in [0.2, 0.25) is 0 Å². The first-order valence-electron chi connectivity index (χ1n) is 9.13. The number of pyridine rings is 1. The van der Waals surface area contributed by atoms with Crippen LogP contribution >= 0.6 is 15.9 Å². The van der Waals surface area contributed by atoms with Gasteiger partial charge >= 0.3 is 0 Å². The maximum absolute atomic E-state index is 12.8. The monoisotopic (exact) mass is 450 g/mol. The third kappa shape index (κ3) is 3.73. The third-order valence-electron chi connectivity index (χ3n) is 4.96. The van der Waals surface area contributed by atoms with E-state index in [2.05, 4.69) is 36.5 Å². The average molecular weight is 451 g/mol.